The van der Waals surface area contributed by atoms with E-state index in [4.69, 9.17) is 4.52 Å². The number of nitrogens with zero attached hydrogens (tertiary/aromatic N) is 2. The first-order valence-electron chi connectivity index (χ1n) is 8.46. The molecule has 1 aliphatic rings. The fraction of sp³-hybridized carbons (Fsp3) is 0.444. The van der Waals surface area contributed by atoms with Crippen molar-refractivity contribution in [3.63, 3.8) is 0 Å². The Morgan fingerprint density at radius 1 is 1.32 bits per heavy atom. The van der Waals surface area contributed by atoms with E-state index in [1.54, 1.807) is 0 Å². The zero-order chi connectivity index (χ0) is 17.8. The maximum absolute atomic E-state index is 13.4. The molecule has 6 nitrogen and oxygen atoms in total. The second kappa shape index (κ2) is 7.55. The number of Topliss-reactive ketones (excluding diaryl/α,β-unsaturated/α-hetero) is 1. The molecule has 1 fully saturated rings. The highest BCUT2D eigenvalue weighted by molar-refractivity contribution is 6.03. The van der Waals surface area contributed by atoms with Crippen LogP contribution < -0.4 is 5.32 Å². The van der Waals surface area contributed by atoms with E-state index in [1.807, 2.05) is 0 Å². The molecule has 0 unspecified atom stereocenters. The number of hydrogen-bond donors (Lipinski definition) is 1. The van der Waals surface area contributed by atoms with Crippen LogP contribution in [0.2, 0.25) is 0 Å². The zero-order valence-electron chi connectivity index (χ0n) is 14.0. The van der Waals surface area contributed by atoms with Gasteiger partial charge in [0, 0.05) is 24.3 Å². The van der Waals surface area contributed by atoms with Crippen LogP contribution in [0.15, 0.2) is 22.7 Å². The van der Waals surface area contributed by atoms with Crippen LogP contribution in [0.5, 0.6) is 0 Å². The second-order valence-corrected chi connectivity index (χ2v) is 6.32. The van der Waals surface area contributed by atoms with Gasteiger partial charge in [0.15, 0.2) is 11.6 Å². The van der Waals surface area contributed by atoms with Crippen LogP contribution in [0.4, 0.5) is 10.1 Å². The Bertz CT molecular complexity index is 782. The predicted octanol–water partition coefficient (Wildman–Crippen LogP) is 3.64. The number of benzene rings is 1. The van der Waals surface area contributed by atoms with E-state index in [9.17, 15) is 14.0 Å². The molecule has 0 spiro atoms. The molecule has 1 saturated carbocycles. The van der Waals surface area contributed by atoms with Gasteiger partial charge < -0.3 is 9.84 Å². The number of halogens is 1. The molecule has 1 aromatic heterocycles. The van der Waals surface area contributed by atoms with Crippen molar-refractivity contribution in [2.75, 3.05) is 5.32 Å². The SMILES string of the molecule is CC(=O)c1ccc(F)cc1NC(=O)CCc1nc(C2CCCC2)no1. The maximum atomic E-state index is 13.4. The van der Waals surface area contributed by atoms with Crippen molar-refractivity contribution in [1.82, 2.24) is 10.1 Å². The van der Waals surface area contributed by atoms with Gasteiger partial charge >= 0.3 is 0 Å². The first-order chi connectivity index (χ1) is 12.0. The van der Waals surface area contributed by atoms with Crippen LogP contribution in [0.3, 0.4) is 0 Å². The molecular weight excluding hydrogens is 325 g/mol. The molecular formula is C18H20FN3O3. The molecule has 0 bridgehead atoms. The number of hydrogen-bond acceptors (Lipinski definition) is 5. The molecule has 1 amide bonds. The van der Waals surface area contributed by atoms with Gasteiger partial charge in [-0.15, -0.1) is 0 Å². The topological polar surface area (TPSA) is 85.1 Å². The molecule has 1 N–H and O–H groups in total. The van der Waals surface area contributed by atoms with Gasteiger partial charge in [-0.1, -0.05) is 18.0 Å². The van der Waals surface area contributed by atoms with Crippen molar-refractivity contribution in [3.05, 3.63) is 41.3 Å². The summed E-state index contributed by atoms with van der Waals surface area (Å²) in [7, 11) is 0. The van der Waals surface area contributed by atoms with E-state index < -0.39 is 5.82 Å². The van der Waals surface area contributed by atoms with Gasteiger partial charge in [-0.25, -0.2) is 4.39 Å². The van der Waals surface area contributed by atoms with Crippen molar-refractivity contribution in [2.24, 2.45) is 0 Å². The van der Waals surface area contributed by atoms with Crippen LogP contribution in [-0.4, -0.2) is 21.8 Å². The minimum atomic E-state index is -0.515. The summed E-state index contributed by atoms with van der Waals surface area (Å²) in [5.74, 6) is 0.400. The van der Waals surface area contributed by atoms with Crippen LogP contribution in [0, 0.1) is 5.82 Å². The zero-order valence-corrected chi connectivity index (χ0v) is 14.0. The average Bonchev–Trinajstić information content (AvgIpc) is 3.24. The highest BCUT2D eigenvalue weighted by Gasteiger charge is 2.22. The highest BCUT2D eigenvalue weighted by atomic mass is 19.1. The third-order valence-electron chi connectivity index (χ3n) is 4.41. The van der Waals surface area contributed by atoms with Crippen molar-refractivity contribution in [2.45, 2.75) is 51.4 Å². The number of rotatable bonds is 6. The molecule has 1 heterocycles. The summed E-state index contributed by atoms with van der Waals surface area (Å²) in [6.45, 7) is 1.37. The maximum Gasteiger partial charge on any atom is 0.227 e. The third kappa shape index (κ3) is 4.29. The standard InChI is InChI=1S/C18H20FN3O3/c1-11(23)14-7-6-13(19)10-15(14)20-16(24)8-9-17-21-18(22-25-17)12-4-2-3-5-12/h6-7,10,12H,2-5,8-9H2,1H3,(H,20,24). The number of ketones is 1. The molecule has 1 aliphatic carbocycles. The lowest BCUT2D eigenvalue weighted by Gasteiger charge is -2.08. The van der Waals surface area contributed by atoms with E-state index in [-0.39, 0.29) is 29.4 Å². The minimum absolute atomic E-state index is 0.111. The number of amides is 1. The normalized spacial score (nSPS) is 14.6. The monoisotopic (exact) mass is 345 g/mol. The summed E-state index contributed by atoms with van der Waals surface area (Å²) in [5.41, 5.74) is 0.450. The summed E-state index contributed by atoms with van der Waals surface area (Å²) in [4.78, 5) is 28.0. The number of nitrogens with one attached hydrogen (secondary N) is 1. The number of carbonyl (C=O) groups is 2. The fourth-order valence-electron chi connectivity index (χ4n) is 3.08. The summed E-state index contributed by atoms with van der Waals surface area (Å²) in [5, 5.41) is 6.57. The minimum Gasteiger partial charge on any atom is -0.339 e. The molecule has 0 atom stereocenters. The van der Waals surface area contributed by atoms with E-state index in [1.165, 1.54) is 31.9 Å². The van der Waals surface area contributed by atoms with E-state index in [2.05, 4.69) is 15.5 Å². The number of carbonyl (C=O) groups excluding carboxylic acids is 2. The van der Waals surface area contributed by atoms with Crippen molar-refractivity contribution in [1.29, 1.82) is 0 Å². The summed E-state index contributed by atoms with van der Waals surface area (Å²) < 4.78 is 18.6. The quantitative estimate of drug-likeness (QED) is 0.808. The van der Waals surface area contributed by atoms with E-state index in [0.29, 0.717) is 18.2 Å². The predicted molar refractivity (Wildman–Crippen MR) is 88.9 cm³/mol. The number of aromatic nitrogens is 2. The molecule has 0 radical (unpaired) electrons. The molecule has 1 aromatic carbocycles. The van der Waals surface area contributed by atoms with Gasteiger partial charge in [0.1, 0.15) is 5.82 Å². The first-order valence-corrected chi connectivity index (χ1v) is 8.46. The van der Waals surface area contributed by atoms with Gasteiger partial charge in [-0.05, 0) is 38.0 Å². The number of aryl methyl sites for hydroxylation is 1. The van der Waals surface area contributed by atoms with Gasteiger partial charge in [0.05, 0.1) is 5.69 Å². The Balaban J connectivity index is 1.58. The van der Waals surface area contributed by atoms with Crippen molar-refractivity contribution >= 4 is 17.4 Å². The smallest absolute Gasteiger partial charge is 0.227 e. The van der Waals surface area contributed by atoms with Crippen LogP contribution in [0.1, 0.15) is 67.0 Å². The molecule has 0 saturated heterocycles. The van der Waals surface area contributed by atoms with Crippen molar-refractivity contribution < 1.29 is 18.5 Å². The summed E-state index contributed by atoms with van der Waals surface area (Å²) in [6, 6.07) is 3.69. The molecule has 2 aromatic rings. The van der Waals surface area contributed by atoms with Crippen LogP contribution >= 0.6 is 0 Å². The molecule has 7 heteroatoms. The Labute approximate surface area is 144 Å². The Morgan fingerprint density at radius 2 is 2.08 bits per heavy atom. The second-order valence-electron chi connectivity index (χ2n) is 6.32. The molecule has 3 rings (SSSR count). The lowest BCUT2D eigenvalue weighted by molar-refractivity contribution is -0.116. The summed E-state index contributed by atoms with van der Waals surface area (Å²) in [6.07, 6.45) is 4.93. The van der Waals surface area contributed by atoms with Crippen molar-refractivity contribution in [3.8, 4) is 0 Å². The van der Waals surface area contributed by atoms with E-state index in [0.717, 1.165) is 24.7 Å². The van der Waals surface area contributed by atoms with Crippen LogP contribution in [0.25, 0.3) is 0 Å². The lowest BCUT2D eigenvalue weighted by Crippen LogP contribution is -2.15. The summed E-state index contributed by atoms with van der Waals surface area (Å²) >= 11 is 0. The van der Waals surface area contributed by atoms with Gasteiger partial charge in [0.25, 0.3) is 0 Å². The molecule has 25 heavy (non-hydrogen) atoms. The molecule has 132 valence electrons. The Hall–Kier alpha value is -2.57. The lowest BCUT2D eigenvalue weighted by atomic mass is 10.1. The average molecular weight is 345 g/mol. The molecule has 0 aliphatic heterocycles. The van der Waals surface area contributed by atoms with E-state index >= 15 is 0 Å². The van der Waals surface area contributed by atoms with Gasteiger partial charge in [-0.2, -0.15) is 4.98 Å². The van der Waals surface area contributed by atoms with Crippen LogP contribution in [-0.2, 0) is 11.2 Å². The largest absolute Gasteiger partial charge is 0.339 e. The number of anilines is 1. The third-order valence-corrected chi connectivity index (χ3v) is 4.41. The fourth-order valence-corrected chi connectivity index (χ4v) is 3.08. The van der Waals surface area contributed by atoms with Gasteiger partial charge in [-0.3, -0.25) is 9.59 Å². The Morgan fingerprint density at radius 3 is 2.80 bits per heavy atom. The first kappa shape index (κ1) is 17.3. The Kier molecular flexibility index (Phi) is 5.21. The van der Waals surface area contributed by atoms with Gasteiger partial charge in [0.2, 0.25) is 11.8 Å². The highest BCUT2D eigenvalue weighted by Crippen LogP contribution is 2.32.